The summed E-state index contributed by atoms with van der Waals surface area (Å²) in [6.45, 7) is 7.91. The molecule has 1 aromatic carbocycles. The average molecular weight is 251 g/mol. The minimum Gasteiger partial charge on any atom is -0.491 e. The number of carboxylic acid groups (broad SMARTS) is 1. The van der Waals surface area contributed by atoms with Crippen LogP contribution in [0.2, 0.25) is 0 Å². The van der Waals surface area contributed by atoms with Gasteiger partial charge in [0.05, 0.1) is 0 Å². The predicted octanol–water partition coefficient (Wildman–Crippen LogP) is 2.13. The van der Waals surface area contributed by atoms with Gasteiger partial charge in [0.1, 0.15) is 18.4 Å². The van der Waals surface area contributed by atoms with Crippen molar-refractivity contribution in [1.82, 2.24) is 5.32 Å². The Bertz CT molecular complexity index is 395. The molecule has 0 radical (unpaired) electrons. The first-order valence-corrected chi connectivity index (χ1v) is 6.08. The summed E-state index contributed by atoms with van der Waals surface area (Å²) in [5, 5.41) is 12.0. The lowest BCUT2D eigenvalue weighted by molar-refractivity contribution is -0.140. The third-order valence-electron chi connectivity index (χ3n) is 2.44. The van der Waals surface area contributed by atoms with E-state index in [9.17, 15) is 4.79 Å². The van der Waals surface area contributed by atoms with Crippen molar-refractivity contribution in [2.45, 2.75) is 39.8 Å². The highest BCUT2D eigenvalue weighted by atomic mass is 16.5. The number of hydrogen-bond donors (Lipinski definition) is 2. The van der Waals surface area contributed by atoms with Gasteiger partial charge in [0, 0.05) is 6.04 Å². The highest BCUT2D eigenvalue weighted by molar-refractivity contribution is 5.73. The Morgan fingerprint density at radius 1 is 1.28 bits per heavy atom. The lowest BCUT2D eigenvalue weighted by Gasteiger charge is -2.18. The number of nitrogens with one attached hydrogen (secondary N) is 1. The van der Waals surface area contributed by atoms with Gasteiger partial charge in [-0.25, -0.2) is 0 Å². The fourth-order valence-electron chi connectivity index (χ4n) is 1.79. The molecule has 1 atom stereocenters. The van der Waals surface area contributed by atoms with Crippen LogP contribution in [0.1, 0.15) is 25.0 Å². The molecule has 0 aromatic heterocycles. The summed E-state index contributed by atoms with van der Waals surface area (Å²) in [6, 6.07) is 5.27. The second-order valence-corrected chi connectivity index (χ2v) is 4.85. The van der Waals surface area contributed by atoms with Gasteiger partial charge in [0.2, 0.25) is 0 Å². The smallest absolute Gasteiger partial charge is 0.324 e. The summed E-state index contributed by atoms with van der Waals surface area (Å²) in [5.41, 5.74) is 2.21. The number of carboxylic acids is 1. The normalized spacial score (nSPS) is 12.5. The SMILES string of the molecule is Cc1cc(C)cc(OCC(NC(C)C)C(=O)O)c1. The Hall–Kier alpha value is -1.55. The van der Waals surface area contributed by atoms with E-state index >= 15 is 0 Å². The first-order chi connectivity index (χ1) is 8.38. The number of rotatable bonds is 6. The van der Waals surface area contributed by atoms with E-state index in [1.807, 2.05) is 45.9 Å². The number of aliphatic carboxylic acids is 1. The first-order valence-electron chi connectivity index (χ1n) is 6.08. The minimum absolute atomic E-state index is 0.106. The molecule has 18 heavy (non-hydrogen) atoms. The van der Waals surface area contributed by atoms with Gasteiger partial charge in [-0.1, -0.05) is 19.9 Å². The van der Waals surface area contributed by atoms with Crippen LogP contribution in [0.25, 0.3) is 0 Å². The molecule has 0 spiro atoms. The van der Waals surface area contributed by atoms with E-state index in [1.165, 1.54) is 0 Å². The molecule has 2 N–H and O–H groups in total. The molecule has 0 bridgehead atoms. The molecule has 4 heteroatoms. The Morgan fingerprint density at radius 3 is 2.28 bits per heavy atom. The summed E-state index contributed by atoms with van der Waals surface area (Å²) in [7, 11) is 0. The summed E-state index contributed by atoms with van der Waals surface area (Å²) in [6.07, 6.45) is 0. The molecule has 0 saturated heterocycles. The second kappa shape index (κ2) is 6.40. The number of hydrogen-bond acceptors (Lipinski definition) is 3. The van der Waals surface area contributed by atoms with Gasteiger partial charge in [-0.3, -0.25) is 10.1 Å². The Labute approximate surface area is 108 Å². The molecule has 1 aromatic rings. The van der Waals surface area contributed by atoms with Crippen molar-refractivity contribution in [3.8, 4) is 5.75 Å². The average Bonchev–Trinajstić information content (AvgIpc) is 2.21. The Morgan fingerprint density at radius 2 is 1.83 bits per heavy atom. The highest BCUT2D eigenvalue weighted by Crippen LogP contribution is 2.16. The number of benzene rings is 1. The first kappa shape index (κ1) is 14.5. The van der Waals surface area contributed by atoms with Crippen molar-refractivity contribution in [2.75, 3.05) is 6.61 Å². The van der Waals surface area contributed by atoms with Crippen molar-refractivity contribution in [1.29, 1.82) is 0 Å². The molecule has 0 aliphatic rings. The van der Waals surface area contributed by atoms with Crippen LogP contribution < -0.4 is 10.1 Å². The van der Waals surface area contributed by atoms with Crippen LogP contribution >= 0.6 is 0 Å². The maximum atomic E-state index is 11.0. The largest absolute Gasteiger partial charge is 0.491 e. The molecular formula is C14H21NO3. The van der Waals surface area contributed by atoms with Gasteiger partial charge in [0.15, 0.2) is 0 Å². The molecule has 0 fully saturated rings. The lowest BCUT2D eigenvalue weighted by Crippen LogP contribution is -2.44. The summed E-state index contributed by atoms with van der Waals surface area (Å²) >= 11 is 0. The summed E-state index contributed by atoms with van der Waals surface area (Å²) in [5.74, 6) is -0.183. The van der Waals surface area contributed by atoms with Crippen molar-refractivity contribution < 1.29 is 14.6 Å². The van der Waals surface area contributed by atoms with E-state index in [1.54, 1.807) is 0 Å². The highest BCUT2D eigenvalue weighted by Gasteiger charge is 2.18. The number of aryl methyl sites for hydroxylation is 2. The molecule has 1 unspecified atom stereocenters. The maximum absolute atomic E-state index is 11.0. The maximum Gasteiger partial charge on any atom is 0.324 e. The van der Waals surface area contributed by atoms with E-state index < -0.39 is 12.0 Å². The molecule has 100 valence electrons. The van der Waals surface area contributed by atoms with E-state index in [0.29, 0.717) is 5.75 Å². The molecule has 0 aliphatic carbocycles. The zero-order chi connectivity index (χ0) is 13.7. The summed E-state index contributed by atoms with van der Waals surface area (Å²) in [4.78, 5) is 11.0. The molecular weight excluding hydrogens is 230 g/mol. The third kappa shape index (κ3) is 4.75. The van der Waals surface area contributed by atoms with Crippen LogP contribution in [-0.4, -0.2) is 29.8 Å². The van der Waals surface area contributed by atoms with E-state index in [2.05, 4.69) is 5.32 Å². The second-order valence-electron chi connectivity index (χ2n) is 4.85. The fourth-order valence-corrected chi connectivity index (χ4v) is 1.79. The van der Waals surface area contributed by atoms with Crippen LogP contribution in [0.5, 0.6) is 5.75 Å². The molecule has 0 saturated carbocycles. The minimum atomic E-state index is -0.895. The Kier molecular flexibility index (Phi) is 5.16. The van der Waals surface area contributed by atoms with Crippen LogP contribution in [0, 0.1) is 13.8 Å². The van der Waals surface area contributed by atoms with Crippen molar-refractivity contribution in [2.24, 2.45) is 0 Å². The number of ether oxygens (including phenoxy) is 1. The van der Waals surface area contributed by atoms with Crippen molar-refractivity contribution >= 4 is 5.97 Å². The molecule has 0 aliphatic heterocycles. The molecule has 0 heterocycles. The van der Waals surface area contributed by atoms with Gasteiger partial charge in [-0.05, 0) is 37.1 Å². The van der Waals surface area contributed by atoms with Crippen LogP contribution in [0.15, 0.2) is 18.2 Å². The van der Waals surface area contributed by atoms with Crippen molar-refractivity contribution in [3.05, 3.63) is 29.3 Å². The van der Waals surface area contributed by atoms with Gasteiger partial charge >= 0.3 is 5.97 Å². The lowest BCUT2D eigenvalue weighted by atomic mass is 10.1. The summed E-state index contributed by atoms with van der Waals surface area (Å²) < 4.78 is 5.55. The van der Waals surface area contributed by atoms with Gasteiger partial charge in [-0.15, -0.1) is 0 Å². The van der Waals surface area contributed by atoms with Crippen LogP contribution in [0.3, 0.4) is 0 Å². The monoisotopic (exact) mass is 251 g/mol. The molecule has 0 amide bonds. The standard InChI is InChI=1S/C14H21NO3/c1-9(2)15-13(14(16)17)8-18-12-6-10(3)5-11(4)7-12/h5-7,9,13,15H,8H2,1-4H3,(H,16,17). The zero-order valence-corrected chi connectivity index (χ0v) is 11.4. The van der Waals surface area contributed by atoms with Crippen molar-refractivity contribution in [3.63, 3.8) is 0 Å². The zero-order valence-electron chi connectivity index (χ0n) is 11.4. The van der Waals surface area contributed by atoms with Crippen LogP contribution in [-0.2, 0) is 4.79 Å². The van der Waals surface area contributed by atoms with Gasteiger partial charge in [-0.2, -0.15) is 0 Å². The third-order valence-corrected chi connectivity index (χ3v) is 2.44. The topological polar surface area (TPSA) is 58.6 Å². The predicted molar refractivity (Wildman–Crippen MR) is 71.1 cm³/mol. The molecule has 1 rings (SSSR count). The van der Waals surface area contributed by atoms with Crippen LogP contribution in [0.4, 0.5) is 0 Å². The van der Waals surface area contributed by atoms with E-state index in [0.717, 1.165) is 11.1 Å². The quantitative estimate of drug-likeness (QED) is 0.813. The molecule has 4 nitrogen and oxygen atoms in total. The number of carbonyl (C=O) groups is 1. The van der Waals surface area contributed by atoms with Gasteiger partial charge in [0.25, 0.3) is 0 Å². The van der Waals surface area contributed by atoms with E-state index in [4.69, 9.17) is 9.84 Å². The van der Waals surface area contributed by atoms with E-state index in [-0.39, 0.29) is 12.6 Å². The Balaban J connectivity index is 2.63. The fraction of sp³-hybridized carbons (Fsp3) is 0.500. The van der Waals surface area contributed by atoms with Gasteiger partial charge < -0.3 is 9.84 Å².